The van der Waals surface area contributed by atoms with Crippen LogP contribution in [0.15, 0.2) is 6.33 Å². The van der Waals surface area contributed by atoms with E-state index in [0.29, 0.717) is 11.4 Å². The van der Waals surface area contributed by atoms with E-state index < -0.39 is 12.7 Å². The molecular weight excluding hydrogens is 247 g/mol. The average Bonchev–Trinajstić information content (AvgIpc) is 2.25. The van der Waals surface area contributed by atoms with Crippen molar-refractivity contribution in [2.75, 3.05) is 16.9 Å². The van der Waals surface area contributed by atoms with Crippen molar-refractivity contribution in [2.24, 2.45) is 5.84 Å². The number of aromatic nitrogens is 2. The minimum Gasteiger partial charge on any atom is -0.345 e. The van der Waals surface area contributed by atoms with E-state index in [2.05, 4.69) is 15.4 Å². The van der Waals surface area contributed by atoms with Gasteiger partial charge in [-0.15, -0.1) is 0 Å². The number of alkyl halides is 3. The summed E-state index contributed by atoms with van der Waals surface area (Å²) in [5, 5.41) is 0. The zero-order chi connectivity index (χ0) is 13.9. The van der Waals surface area contributed by atoms with Crippen molar-refractivity contribution < 1.29 is 13.2 Å². The van der Waals surface area contributed by atoms with Crippen LogP contribution in [0.25, 0.3) is 0 Å². The molecule has 0 aromatic carbocycles. The first-order valence-electron chi connectivity index (χ1n) is 5.38. The van der Waals surface area contributed by atoms with Gasteiger partial charge >= 0.3 is 6.18 Å². The highest BCUT2D eigenvalue weighted by Gasteiger charge is 2.33. The van der Waals surface area contributed by atoms with Crippen LogP contribution in [0.4, 0.5) is 24.8 Å². The number of hydrogen-bond acceptors (Lipinski definition) is 5. The molecule has 1 rings (SSSR count). The molecule has 0 saturated carbocycles. The molecule has 1 aromatic rings. The van der Waals surface area contributed by atoms with E-state index in [-0.39, 0.29) is 11.9 Å². The second-order valence-corrected chi connectivity index (χ2v) is 4.15. The summed E-state index contributed by atoms with van der Waals surface area (Å²) in [6, 6.07) is -0.342. The number of nitrogens with one attached hydrogen (secondary N) is 1. The van der Waals surface area contributed by atoms with Crippen LogP contribution in [-0.2, 0) is 0 Å². The van der Waals surface area contributed by atoms with E-state index in [1.54, 1.807) is 20.8 Å². The number of hydrazine groups is 1. The topological polar surface area (TPSA) is 67.1 Å². The molecular formula is C10H16F3N5. The van der Waals surface area contributed by atoms with E-state index in [1.807, 2.05) is 0 Å². The van der Waals surface area contributed by atoms with Gasteiger partial charge in [0.2, 0.25) is 0 Å². The zero-order valence-electron chi connectivity index (χ0n) is 10.4. The van der Waals surface area contributed by atoms with Gasteiger partial charge in [0.1, 0.15) is 24.5 Å². The third-order valence-electron chi connectivity index (χ3n) is 2.44. The second-order valence-electron chi connectivity index (χ2n) is 4.15. The quantitative estimate of drug-likeness (QED) is 0.641. The summed E-state index contributed by atoms with van der Waals surface area (Å²) >= 11 is 0. The van der Waals surface area contributed by atoms with E-state index in [9.17, 15) is 13.2 Å². The first-order valence-corrected chi connectivity index (χ1v) is 5.38. The number of nitrogen functional groups attached to an aromatic ring is 1. The molecule has 0 aliphatic rings. The van der Waals surface area contributed by atoms with Gasteiger partial charge in [-0.3, -0.25) is 0 Å². The number of anilines is 2. The van der Waals surface area contributed by atoms with Gasteiger partial charge in [0.25, 0.3) is 0 Å². The minimum absolute atomic E-state index is 0.227. The molecule has 0 aliphatic carbocycles. The average molecular weight is 263 g/mol. The van der Waals surface area contributed by atoms with Crippen LogP contribution >= 0.6 is 0 Å². The third-order valence-corrected chi connectivity index (χ3v) is 2.44. The smallest absolute Gasteiger partial charge is 0.345 e. The summed E-state index contributed by atoms with van der Waals surface area (Å²) in [6.45, 7) is 3.90. The van der Waals surface area contributed by atoms with Crippen LogP contribution in [0.5, 0.6) is 0 Å². The Morgan fingerprint density at radius 2 is 2.00 bits per heavy atom. The molecule has 18 heavy (non-hydrogen) atoms. The highest BCUT2D eigenvalue weighted by molar-refractivity contribution is 5.57. The summed E-state index contributed by atoms with van der Waals surface area (Å²) < 4.78 is 37.6. The Morgan fingerprint density at radius 1 is 1.39 bits per heavy atom. The summed E-state index contributed by atoms with van der Waals surface area (Å²) in [4.78, 5) is 8.92. The Kier molecular flexibility index (Phi) is 4.33. The van der Waals surface area contributed by atoms with Gasteiger partial charge in [0, 0.05) is 11.6 Å². The van der Waals surface area contributed by atoms with Gasteiger partial charge in [-0.25, -0.2) is 15.8 Å². The van der Waals surface area contributed by atoms with Crippen molar-refractivity contribution in [1.82, 2.24) is 9.97 Å². The molecule has 0 fully saturated rings. The van der Waals surface area contributed by atoms with Crippen molar-refractivity contribution in [3.63, 3.8) is 0 Å². The molecule has 0 unspecified atom stereocenters. The summed E-state index contributed by atoms with van der Waals surface area (Å²) in [5.74, 6) is 5.78. The molecule has 1 heterocycles. The lowest BCUT2D eigenvalue weighted by Crippen LogP contribution is -2.40. The Morgan fingerprint density at radius 3 is 2.44 bits per heavy atom. The monoisotopic (exact) mass is 263 g/mol. The molecule has 1 aromatic heterocycles. The van der Waals surface area contributed by atoms with Crippen molar-refractivity contribution in [3.05, 3.63) is 11.9 Å². The lowest BCUT2D eigenvalue weighted by molar-refractivity contribution is -0.120. The molecule has 5 nitrogen and oxygen atoms in total. The Bertz CT molecular complexity index is 405. The lowest BCUT2D eigenvalue weighted by atomic mass is 10.2. The first-order chi connectivity index (χ1) is 8.26. The fourth-order valence-corrected chi connectivity index (χ4v) is 1.57. The van der Waals surface area contributed by atoms with E-state index >= 15 is 0 Å². The van der Waals surface area contributed by atoms with Crippen molar-refractivity contribution in [3.8, 4) is 0 Å². The standard InChI is InChI=1S/C10H16F3N5/c1-6(2)18(4-10(11,12)13)9-7(3)8(17-14)15-5-16-9/h5-6H,4,14H2,1-3H3,(H,15,16,17). The van der Waals surface area contributed by atoms with E-state index in [1.165, 1.54) is 6.33 Å². The maximum absolute atomic E-state index is 12.5. The molecule has 3 N–H and O–H groups in total. The van der Waals surface area contributed by atoms with Crippen LogP contribution < -0.4 is 16.2 Å². The SMILES string of the molecule is Cc1c(NN)ncnc1N(CC(F)(F)F)C(C)C. The number of rotatable bonds is 4. The zero-order valence-corrected chi connectivity index (χ0v) is 10.4. The first kappa shape index (κ1) is 14.5. The summed E-state index contributed by atoms with van der Waals surface area (Å²) in [6.07, 6.45) is -3.11. The molecule has 0 atom stereocenters. The molecule has 0 bridgehead atoms. The second kappa shape index (κ2) is 5.38. The van der Waals surface area contributed by atoms with Gasteiger partial charge in [-0.05, 0) is 20.8 Å². The maximum Gasteiger partial charge on any atom is 0.405 e. The lowest BCUT2D eigenvalue weighted by Gasteiger charge is -2.30. The van der Waals surface area contributed by atoms with Gasteiger partial charge in [0.15, 0.2) is 0 Å². The number of halogens is 3. The normalized spacial score (nSPS) is 11.8. The van der Waals surface area contributed by atoms with Crippen LogP contribution in [-0.4, -0.2) is 28.7 Å². The predicted molar refractivity (Wildman–Crippen MR) is 63.1 cm³/mol. The Hall–Kier alpha value is -1.57. The molecule has 8 heteroatoms. The van der Waals surface area contributed by atoms with Gasteiger partial charge < -0.3 is 10.3 Å². The van der Waals surface area contributed by atoms with Crippen molar-refractivity contribution in [1.29, 1.82) is 0 Å². The molecule has 0 saturated heterocycles. The number of nitrogens with two attached hydrogens (primary N) is 1. The molecule has 0 amide bonds. The predicted octanol–water partition coefficient (Wildman–Crippen LogP) is 1.85. The molecule has 0 spiro atoms. The maximum atomic E-state index is 12.5. The summed E-state index contributed by atoms with van der Waals surface area (Å²) in [7, 11) is 0. The van der Waals surface area contributed by atoms with Crippen molar-refractivity contribution >= 4 is 11.6 Å². The van der Waals surface area contributed by atoms with Crippen LogP contribution in [0.2, 0.25) is 0 Å². The van der Waals surface area contributed by atoms with Gasteiger partial charge in [-0.2, -0.15) is 13.2 Å². The number of hydrogen-bond donors (Lipinski definition) is 2. The van der Waals surface area contributed by atoms with Crippen molar-refractivity contribution in [2.45, 2.75) is 33.0 Å². The third kappa shape index (κ3) is 3.46. The van der Waals surface area contributed by atoms with Gasteiger partial charge in [0.05, 0.1) is 0 Å². The highest BCUT2D eigenvalue weighted by atomic mass is 19.4. The van der Waals surface area contributed by atoms with Crippen LogP contribution in [0, 0.1) is 6.92 Å². The highest BCUT2D eigenvalue weighted by Crippen LogP contribution is 2.27. The molecule has 0 radical (unpaired) electrons. The number of nitrogens with zero attached hydrogens (tertiary/aromatic N) is 3. The van der Waals surface area contributed by atoms with E-state index in [4.69, 9.17) is 5.84 Å². The Labute approximate surface area is 103 Å². The van der Waals surface area contributed by atoms with Gasteiger partial charge in [-0.1, -0.05) is 0 Å². The summed E-state index contributed by atoms with van der Waals surface area (Å²) in [5.41, 5.74) is 2.82. The van der Waals surface area contributed by atoms with Crippen LogP contribution in [0.3, 0.4) is 0 Å². The fourth-order valence-electron chi connectivity index (χ4n) is 1.57. The minimum atomic E-state index is -4.29. The van der Waals surface area contributed by atoms with Crippen LogP contribution in [0.1, 0.15) is 19.4 Å². The Balaban J connectivity index is 3.14. The molecule has 0 aliphatic heterocycles. The fraction of sp³-hybridized carbons (Fsp3) is 0.600. The molecule has 102 valence electrons. The largest absolute Gasteiger partial charge is 0.405 e. The van der Waals surface area contributed by atoms with E-state index in [0.717, 1.165) is 4.90 Å².